The van der Waals surface area contributed by atoms with Crippen molar-refractivity contribution in [3.8, 4) is 0 Å². The topological polar surface area (TPSA) is 29.1 Å². The van der Waals surface area contributed by atoms with Gasteiger partial charge in [0, 0.05) is 6.54 Å². The third-order valence-corrected chi connectivity index (χ3v) is 4.00. The lowest BCUT2D eigenvalue weighted by molar-refractivity contribution is -0.120. The summed E-state index contributed by atoms with van der Waals surface area (Å²) in [6.45, 7) is 4.94. The summed E-state index contributed by atoms with van der Waals surface area (Å²) in [4.78, 5) is 11.9. The van der Waals surface area contributed by atoms with Gasteiger partial charge in [-0.15, -0.1) is 0 Å². The van der Waals surface area contributed by atoms with Gasteiger partial charge in [-0.1, -0.05) is 59.2 Å². The molecular formula is C16H24INO. The van der Waals surface area contributed by atoms with Crippen LogP contribution < -0.4 is 5.32 Å². The van der Waals surface area contributed by atoms with E-state index >= 15 is 0 Å². The fourth-order valence-electron chi connectivity index (χ4n) is 2.03. The van der Waals surface area contributed by atoms with Crippen LogP contribution in [0.25, 0.3) is 0 Å². The lowest BCUT2D eigenvalue weighted by Crippen LogP contribution is -2.26. The Labute approximate surface area is 130 Å². The van der Waals surface area contributed by atoms with Crippen molar-refractivity contribution < 1.29 is 4.79 Å². The molecule has 1 aromatic rings. The van der Waals surface area contributed by atoms with Crippen LogP contribution in [-0.4, -0.2) is 16.9 Å². The predicted molar refractivity (Wildman–Crippen MR) is 90.0 cm³/mol. The summed E-state index contributed by atoms with van der Waals surface area (Å²) in [6, 6.07) is 6.28. The standard InChI is InChI=1S/C16H24INO/c1-13-7-8-14(2)15(11-13)12-16(19)18-10-6-4-3-5-9-17/h7-8,11H,3-6,9-10,12H2,1-2H3,(H,18,19). The van der Waals surface area contributed by atoms with E-state index in [1.54, 1.807) is 0 Å². The van der Waals surface area contributed by atoms with E-state index in [1.165, 1.54) is 34.8 Å². The van der Waals surface area contributed by atoms with Gasteiger partial charge in [0.15, 0.2) is 0 Å². The molecule has 1 aromatic carbocycles. The fraction of sp³-hybridized carbons (Fsp3) is 0.562. The van der Waals surface area contributed by atoms with Crippen molar-refractivity contribution in [2.75, 3.05) is 11.0 Å². The Morgan fingerprint density at radius 1 is 1.16 bits per heavy atom. The van der Waals surface area contributed by atoms with E-state index in [-0.39, 0.29) is 5.91 Å². The Morgan fingerprint density at radius 3 is 2.63 bits per heavy atom. The first-order valence-electron chi connectivity index (χ1n) is 7.02. The molecule has 0 heterocycles. The number of aryl methyl sites for hydroxylation is 2. The molecule has 0 aliphatic rings. The lowest BCUT2D eigenvalue weighted by Gasteiger charge is -2.08. The number of carbonyl (C=O) groups excluding carboxylic acids is 1. The van der Waals surface area contributed by atoms with Crippen molar-refractivity contribution in [1.82, 2.24) is 5.32 Å². The van der Waals surface area contributed by atoms with Crippen LogP contribution in [0.4, 0.5) is 0 Å². The zero-order valence-electron chi connectivity index (χ0n) is 12.0. The molecule has 0 fully saturated rings. The van der Waals surface area contributed by atoms with E-state index in [4.69, 9.17) is 0 Å². The van der Waals surface area contributed by atoms with Gasteiger partial charge in [-0.25, -0.2) is 0 Å². The van der Waals surface area contributed by atoms with Gasteiger partial charge in [-0.3, -0.25) is 4.79 Å². The minimum Gasteiger partial charge on any atom is -0.356 e. The number of benzene rings is 1. The number of amides is 1. The Hall–Kier alpha value is -0.580. The summed E-state index contributed by atoms with van der Waals surface area (Å²) in [7, 11) is 0. The van der Waals surface area contributed by atoms with Crippen LogP contribution in [0, 0.1) is 13.8 Å². The maximum absolute atomic E-state index is 11.9. The van der Waals surface area contributed by atoms with Crippen LogP contribution in [0.2, 0.25) is 0 Å². The van der Waals surface area contributed by atoms with Crippen LogP contribution in [0.1, 0.15) is 42.4 Å². The Bertz CT molecular complexity index is 404. The van der Waals surface area contributed by atoms with Gasteiger partial charge in [0.2, 0.25) is 5.91 Å². The Balaban J connectivity index is 2.25. The van der Waals surface area contributed by atoms with Crippen LogP contribution in [0.3, 0.4) is 0 Å². The average Bonchev–Trinajstić information content (AvgIpc) is 2.38. The number of hydrogen-bond donors (Lipinski definition) is 1. The maximum Gasteiger partial charge on any atom is 0.224 e. The van der Waals surface area contributed by atoms with Gasteiger partial charge < -0.3 is 5.32 Å². The van der Waals surface area contributed by atoms with Gasteiger partial charge in [-0.2, -0.15) is 0 Å². The Morgan fingerprint density at radius 2 is 1.89 bits per heavy atom. The minimum absolute atomic E-state index is 0.141. The number of nitrogens with one attached hydrogen (secondary N) is 1. The third kappa shape index (κ3) is 6.95. The number of carbonyl (C=O) groups is 1. The quantitative estimate of drug-likeness (QED) is 0.417. The summed E-state index contributed by atoms with van der Waals surface area (Å²) in [5.74, 6) is 0.141. The molecule has 106 valence electrons. The lowest BCUT2D eigenvalue weighted by atomic mass is 10.0. The van der Waals surface area contributed by atoms with E-state index in [2.05, 4.69) is 60.0 Å². The van der Waals surface area contributed by atoms with E-state index < -0.39 is 0 Å². The van der Waals surface area contributed by atoms with Gasteiger partial charge in [0.1, 0.15) is 0 Å². The number of unbranched alkanes of at least 4 members (excludes halogenated alkanes) is 3. The highest BCUT2D eigenvalue weighted by atomic mass is 127. The summed E-state index contributed by atoms with van der Waals surface area (Å²) in [5, 5.41) is 3.01. The largest absolute Gasteiger partial charge is 0.356 e. The summed E-state index contributed by atoms with van der Waals surface area (Å²) in [5.41, 5.74) is 3.55. The Kier molecular flexibility index (Phi) is 8.10. The van der Waals surface area contributed by atoms with Gasteiger partial charge in [0.25, 0.3) is 0 Å². The molecule has 0 spiro atoms. The maximum atomic E-state index is 11.9. The molecule has 1 rings (SSSR count). The number of rotatable bonds is 8. The minimum atomic E-state index is 0.141. The zero-order chi connectivity index (χ0) is 14.1. The summed E-state index contributed by atoms with van der Waals surface area (Å²) >= 11 is 2.41. The molecule has 0 aliphatic carbocycles. The van der Waals surface area contributed by atoms with E-state index in [0.29, 0.717) is 6.42 Å². The average molecular weight is 373 g/mol. The monoisotopic (exact) mass is 373 g/mol. The zero-order valence-corrected chi connectivity index (χ0v) is 14.1. The predicted octanol–water partition coefficient (Wildman–Crippen LogP) is 3.96. The molecule has 0 unspecified atom stereocenters. The van der Waals surface area contributed by atoms with E-state index in [9.17, 15) is 4.79 Å². The van der Waals surface area contributed by atoms with Crippen molar-refractivity contribution >= 4 is 28.5 Å². The first-order chi connectivity index (χ1) is 9.13. The van der Waals surface area contributed by atoms with E-state index in [1.807, 2.05) is 0 Å². The second kappa shape index (κ2) is 9.34. The highest BCUT2D eigenvalue weighted by molar-refractivity contribution is 14.1. The first kappa shape index (κ1) is 16.5. The third-order valence-electron chi connectivity index (χ3n) is 3.24. The molecule has 0 saturated carbocycles. The van der Waals surface area contributed by atoms with Crippen LogP contribution in [-0.2, 0) is 11.2 Å². The summed E-state index contributed by atoms with van der Waals surface area (Å²) < 4.78 is 1.23. The summed E-state index contributed by atoms with van der Waals surface area (Å²) in [6.07, 6.45) is 5.37. The molecule has 19 heavy (non-hydrogen) atoms. The molecule has 0 bridgehead atoms. The highest BCUT2D eigenvalue weighted by Crippen LogP contribution is 2.11. The second-order valence-electron chi connectivity index (χ2n) is 5.06. The number of alkyl halides is 1. The van der Waals surface area contributed by atoms with Crippen molar-refractivity contribution in [1.29, 1.82) is 0 Å². The van der Waals surface area contributed by atoms with Gasteiger partial charge in [0.05, 0.1) is 6.42 Å². The van der Waals surface area contributed by atoms with E-state index in [0.717, 1.165) is 18.5 Å². The molecule has 0 aromatic heterocycles. The fourth-order valence-corrected chi connectivity index (χ4v) is 2.57. The molecule has 1 N–H and O–H groups in total. The number of hydrogen-bond acceptors (Lipinski definition) is 1. The van der Waals surface area contributed by atoms with Crippen LogP contribution in [0.15, 0.2) is 18.2 Å². The molecule has 0 radical (unpaired) electrons. The molecular weight excluding hydrogens is 349 g/mol. The smallest absolute Gasteiger partial charge is 0.224 e. The van der Waals surface area contributed by atoms with Crippen molar-refractivity contribution in [2.24, 2.45) is 0 Å². The van der Waals surface area contributed by atoms with Crippen LogP contribution in [0.5, 0.6) is 0 Å². The second-order valence-corrected chi connectivity index (χ2v) is 6.14. The molecule has 3 heteroatoms. The van der Waals surface area contributed by atoms with Crippen LogP contribution >= 0.6 is 22.6 Å². The number of halogens is 1. The van der Waals surface area contributed by atoms with Gasteiger partial charge in [-0.05, 0) is 42.2 Å². The normalized spacial score (nSPS) is 10.5. The molecule has 1 amide bonds. The first-order valence-corrected chi connectivity index (χ1v) is 8.55. The molecule has 0 atom stereocenters. The highest BCUT2D eigenvalue weighted by Gasteiger charge is 2.05. The van der Waals surface area contributed by atoms with Crippen molar-refractivity contribution in [3.05, 3.63) is 34.9 Å². The molecule has 0 aliphatic heterocycles. The van der Waals surface area contributed by atoms with Crippen molar-refractivity contribution in [2.45, 2.75) is 46.0 Å². The van der Waals surface area contributed by atoms with Crippen molar-refractivity contribution in [3.63, 3.8) is 0 Å². The van der Waals surface area contributed by atoms with Gasteiger partial charge >= 0.3 is 0 Å². The molecule has 2 nitrogen and oxygen atoms in total. The SMILES string of the molecule is Cc1ccc(C)c(CC(=O)NCCCCCCI)c1. The molecule has 0 saturated heterocycles.